The predicted molar refractivity (Wildman–Crippen MR) is 113 cm³/mol. The Morgan fingerprint density at radius 2 is 1.78 bits per heavy atom. The standard InChI is InChI=1S/C21H22N2O3S/c1-4-26-20(25)17(19(24)16-11-6-5-7-12-16)13-22-21(27)23-18-14(2)9-8-10-15(18)3/h5-13,24H,4H2,1-3H3,(H,23,27)/b19-17+,22-13+. The van der Waals surface area contributed by atoms with Gasteiger partial charge in [-0.2, -0.15) is 0 Å². The van der Waals surface area contributed by atoms with Crippen molar-refractivity contribution < 1.29 is 14.6 Å². The average Bonchev–Trinajstić information content (AvgIpc) is 2.66. The summed E-state index contributed by atoms with van der Waals surface area (Å²) in [6.45, 7) is 5.81. The number of nitrogens with zero attached hydrogens (tertiary/aromatic N) is 1. The number of esters is 1. The first-order valence-electron chi connectivity index (χ1n) is 8.51. The Labute approximate surface area is 164 Å². The molecule has 0 aliphatic heterocycles. The molecule has 0 atom stereocenters. The van der Waals surface area contributed by atoms with E-state index < -0.39 is 5.97 Å². The fourth-order valence-corrected chi connectivity index (χ4v) is 2.60. The Bertz CT molecular complexity index is 869. The first-order valence-corrected chi connectivity index (χ1v) is 8.92. The Balaban J connectivity index is 2.29. The van der Waals surface area contributed by atoms with E-state index >= 15 is 0 Å². The minimum absolute atomic E-state index is 0.0614. The molecule has 2 aromatic rings. The van der Waals surface area contributed by atoms with E-state index in [1.807, 2.05) is 38.1 Å². The molecule has 0 aliphatic rings. The van der Waals surface area contributed by atoms with Crippen LogP contribution in [0.15, 0.2) is 59.1 Å². The Morgan fingerprint density at radius 1 is 1.15 bits per heavy atom. The monoisotopic (exact) mass is 382 g/mol. The molecule has 0 fully saturated rings. The second-order valence-electron chi connectivity index (χ2n) is 5.80. The van der Waals surface area contributed by atoms with Gasteiger partial charge < -0.3 is 15.2 Å². The van der Waals surface area contributed by atoms with Gasteiger partial charge in [0.05, 0.1) is 6.61 Å². The van der Waals surface area contributed by atoms with Crippen molar-refractivity contribution in [2.45, 2.75) is 20.8 Å². The first-order chi connectivity index (χ1) is 12.9. The van der Waals surface area contributed by atoms with Crippen molar-refractivity contribution in [2.24, 2.45) is 4.99 Å². The van der Waals surface area contributed by atoms with Crippen LogP contribution in [0.2, 0.25) is 0 Å². The maximum atomic E-state index is 12.2. The smallest absolute Gasteiger partial charge is 0.343 e. The van der Waals surface area contributed by atoms with E-state index in [0.29, 0.717) is 5.56 Å². The minimum Gasteiger partial charge on any atom is -0.506 e. The Kier molecular flexibility index (Phi) is 7.25. The summed E-state index contributed by atoms with van der Waals surface area (Å²) in [6, 6.07) is 14.6. The van der Waals surface area contributed by atoms with Crippen molar-refractivity contribution in [2.75, 3.05) is 11.9 Å². The van der Waals surface area contributed by atoms with Gasteiger partial charge in [-0.1, -0.05) is 48.5 Å². The fourth-order valence-electron chi connectivity index (χ4n) is 2.44. The van der Waals surface area contributed by atoms with E-state index in [0.717, 1.165) is 16.8 Å². The van der Waals surface area contributed by atoms with E-state index in [9.17, 15) is 9.90 Å². The minimum atomic E-state index is -0.669. The molecule has 0 saturated heterocycles. The number of carbonyl (C=O) groups is 1. The molecule has 0 saturated carbocycles. The summed E-state index contributed by atoms with van der Waals surface area (Å²) in [5.74, 6) is -0.884. The van der Waals surface area contributed by atoms with Crippen LogP contribution in [0.1, 0.15) is 23.6 Å². The predicted octanol–water partition coefficient (Wildman–Crippen LogP) is 4.60. The summed E-state index contributed by atoms with van der Waals surface area (Å²) in [4.78, 5) is 16.4. The summed E-state index contributed by atoms with van der Waals surface area (Å²) in [5.41, 5.74) is 3.35. The number of aryl methyl sites for hydroxylation is 2. The van der Waals surface area contributed by atoms with Gasteiger partial charge in [0.15, 0.2) is 5.11 Å². The highest BCUT2D eigenvalue weighted by Crippen LogP contribution is 2.20. The molecular formula is C21H22N2O3S. The maximum Gasteiger partial charge on any atom is 0.343 e. The number of benzene rings is 2. The molecule has 0 radical (unpaired) electrons. The van der Waals surface area contributed by atoms with Gasteiger partial charge in [0.2, 0.25) is 0 Å². The summed E-state index contributed by atoms with van der Waals surface area (Å²) in [5, 5.41) is 13.7. The molecule has 0 bridgehead atoms. The summed E-state index contributed by atoms with van der Waals surface area (Å²) < 4.78 is 5.02. The van der Waals surface area contributed by atoms with Gasteiger partial charge in [0.1, 0.15) is 11.3 Å². The number of para-hydroxylation sites is 1. The van der Waals surface area contributed by atoms with Gasteiger partial charge in [-0.05, 0) is 44.1 Å². The number of nitrogens with one attached hydrogen (secondary N) is 1. The molecule has 0 amide bonds. The first kappa shape index (κ1) is 20.3. The van der Waals surface area contributed by atoms with E-state index in [-0.39, 0.29) is 23.1 Å². The van der Waals surface area contributed by atoms with Crippen LogP contribution in [0.3, 0.4) is 0 Å². The SMILES string of the molecule is CCOC(=O)C(/C=N/C(=S)Nc1c(C)cccc1C)=C(/O)c1ccccc1. The van der Waals surface area contributed by atoms with Gasteiger partial charge in [0, 0.05) is 17.5 Å². The molecule has 0 aromatic heterocycles. The molecule has 5 nitrogen and oxygen atoms in total. The third-order valence-corrected chi connectivity index (χ3v) is 4.03. The van der Waals surface area contributed by atoms with E-state index in [2.05, 4.69) is 10.3 Å². The number of anilines is 1. The van der Waals surface area contributed by atoms with Crippen LogP contribution in [0.4, 0.5) is 5.69 Å². The second kappa shape index (κ2) is 9.64. The zero-order chi connectivity index (χ0) is 19.8. The van der Waals surface area contributed by atoms with Gasteiger partial charge in [0.25, 0.3) is 0 Å². The summed E-state index contributed by atoms with van der Waals surface area (Å²) >= 11 is 5.26. The molecule has 27 heavy (non-hydrogen) atoms. The lowest BCUT2D eigenvalue weighted by Gasteiger charge is -2.11. The molecule has 2 N–H and O–H groups in total. The van der Waals surface area contributed by atoms with Crippen LogP contribution < -0.4 is 5.32 Å². The largest absolute Gasteiger partial charge is 0.506 e. The number of hydrogen-bond donors (Lipinski definition) is 2. The molecule has 6 heteroatoms. The van der Waals surface area contributed by atoms with E-state index in [1.165, 1.54) is 6.21 Å². The van der Waals surface area contributed by atoms with Crippen LogP contribution >= 0.6 is 12.2 Å². The third-order valence-electron chi connectivity index (χ3n) is 3.82. The van der Waals surface area contributed by atoms with Crippen molar-refractivity contribution in [1.29, 1.82) is 0 Å². The summed E-state index contributed by atoms with van der Waals surface area (Å²) in [7, 11) is 0. The molecule has 0 aliphatic carbocycles. The van der Waals surface area contributed by atoms with Crippen LogP contribution in [-0.4, -0.2) is 29.0 Å². The lowest BCUT2D eigenvalue weighted by Crippen LogP contribution is -2.14. The number of aliphatic hydroxyl groups excluding tert-OH is 1. The highest BCUT2D eigenvalue weighted by atomic mass is 32.1. The highest BCUT2D eigenvalue weighted by Gasteiger charge is 2.16. The van der Waals surface area contributed by atoms with Crippen molar-refractivity contribution in [1.82, 2.24) is 0 Å². The quantitative estimate of drug-likeness (QED) is 0.260. The number of carbonyl (C=O) groups excluding carboxylic acids is 1. The molecule has 2 aromatic carbocycles. The average molecular weight is 382 g/mol. The lowest BCUT2D eigenvalue weighted by molar-refractivity contribution is -0.137. The van der Waals surface area contributed by atoms with E-state index in [1.54, 1.807) is 31.2 Å². The van der Waals surface area contributed by atoms with Gasteiger partial charge >= 0.3 is 5.97 Å². The van der Waals surface area contributed by atoms with Crippen LogP contribution in [0, 0.1) is 13.8 Å². The third kappa shape index (κ3) is 5.49. The fraction of sp³-hybridized carbons (Fsp3) is 0.190. The number of ether oxygens (including phenoxy) is 1. The van der Waals surface area contributed by atoms with Crippen LogP contribution in [-0.2, 0) is 9.53 Å². The van der Waals surface area contributed by atoms with Crippen molar-refractivity contribution in [3.05, 3.63) is 70.8 Å². The zero-order valence-electron chi connectivity index (χ0n) is 15.5. The summed E-state index contributed by atoms with van der Waals surface area (Å²) in [6.07, 6.45) is 1.23. The molecule has 140 valence electrons. The number of thiocarbonyl (C=S) groups is 1. The number of rotatable bonds is 5. The van der Waals surface area contributed by atoms with Crippen molar-refractivity contribution in [3.63, 3.8) is 0 Å². The van der Waals surface area contributed by atoms with Gasteiger partial charge in [-0.15, -0.1) is 0 Å². The molecule has 2 rings (SSSR count). The van der Waals surface area contributed by atoms with E-state index in [4.69, 9.17) is 17.0 Å². The zero-order valence-corrected chi connectivity index (χ0v) is 16.3. The van der Waals surface area contributed by atoms with Crippen molar-refractivity contribution in [3.8, 4) is 0 Å². The molecule has 0 unspecified atom stereocenters. The van der Waals surface area contributed by atoms with Crippen molar-refractivity contribution >= 4 is 41.0 Å². The van der Waals surface area contributed by atoms with Gasteiger partial charge in [-0.25, -0.2) is 9.79 Å². The highest BCUT2D eigenvalue weighted by molar-refractivity contribution is 7.80. The van der Waals surface area contributed by atoms with Crippen LogP contribution in [0.5, 0.6) is 0 Å². The normalized spacial score (nSPS) is 11.8. The molecule has 0 spiro atoms. The molecule has 0 heterocycles. The Morgan fingerprint density at radius 3 is 2.37 bits per heavy atom. The maximum absolute atomic E-state index is 12.2. The second-order valence-corrected chi connectivity index (χ2v) is 6.19. The lowest BCUT2D eigenvalue weighted by atomic mass is 10.1. The van der Waals surface area contributed by atoms with Gasteiger partial charge in [-0.3, -0.25) is 0 Å². The topological polar surface area (TPSA) is 70.9 Å². The molecular weight excluding hydrogens is 360 g/mol. The van der Waals surface area contributed by atoms with Crippen LogP contribution in [0.25, 0.3) is 5.76 Å². The number of hydrogen-bond acceptors (Lipinski definition) is 4. The number of aliphatic hydroxyl groups is 1. The Hall–Kier alpha value is -2.99. The number of aliphatic imine (C=N–C) groups is 1.